The van der Waals surface area contributed by atoms with Crippen molar-refractivity contribution in [2.24, 2.45) is 0 Å². The largest absolute Gasteiger partial charge is 0.373 e. The second-order valence-corrected chi connectivity index (χ2v) is 6.75. The van der Waals surface area contributed by atoms with E-state index in [4.69, 9.17) is 35.0 Å². The van der Waals surface area contributed by atoms with E-state index in [1.807, 2.05) is 31.1 Å². The average molecular weight is 813 g/mol. The fourth-order valence-electron chi connectivity index (χ4n) is 1.92. The van der Waals surface area contributed by atoms with E-state index in [0.717, 1.165) is 22.8 Å². The smallest absolute Gasteiger partial charge is 0.0867 e. The molecule has 0 fully saturated rings. The standard InChI is InChI=1S/C8H11N6.C5H4N6.C5H4.C3H7.CH4.2N3.3Y/c1-6(2)14-5-8(11-13-14)3-7-4-9-12-10-7;1(4-2-6-10-8-4)5-3-7-11-9-5;1-3-5-4-2;1-3-2;;2*1-3-2;;;/h4-6H,3H2,1-2H3;2-3H,1H2;1-2H,5H2;3H,1-2H3;1H4;;;;;/q-1;-2;;-1;;2*-1;;;. The van der Waals surface area contributed by atoms with Crippen LogP contribution in [-0.4, -0.2) is 45.9 Å². The zero-order valence-corrected chi connectivity index (χ0v) is 32.0. The van der Waals surface area contributed by atoms with Crippen LogP contribution in [0, 0.1) is 31.1 Å². The summed E-state index contributed by atoms with van der Waals surface area (Å²) in [6, 6.07) is 0.333. The molecule has 0 unspecified atom stereocenters. The molecular formula is C22H30N18Y3-6. The number of terminal acetylenes is 2. The molecule has 0 spiro atoms. The van der Waals surface area contributed by atoms with Crippen LogP contribution in [0.4, 0.5) is 0 Å². The molecule has 0 aliphatic rings. The molecule has 0 N–H and O–H groups in total. The van der Waals surface area contributed by atoms with Crippen LogP contribution in [0.3, 0.4) is 0 Å². The van der Waals surface area contributed by atoms with Crippen LogP contribution >= 0.6 is 0 Å². The molecule has 18 nitrogen and oxygen atoms in total. The van der Waals surface area contributed by atoms with Crippen LogP contribution in [0.1, 0.15) is 70.4 Å². The van der Waals surface area contributed by atoms with E-state index in [1.54, 1.807) is 18.6 Å². The summed E-state index contributed by atoms with van der Waals surface area (Å²) in [6.45, 7) is 8.12. The molecule has 0 amide bonds. The summed E-state index contributed by atoms with van der Waals surface area (Å²) < 4.78 is 1.82. The van der Waals surface area contributed by atoms with Crippen molar-refractivity contribution in [3.8, 4) is 24.7 Å². The first kappa shape index (κ1) is 53.2. The van der Waals surface area contributed by atoms with Crippen LogP contribution in [-0.2, 0) is 111 Å². The second-order valence-electron chi connectivity index (χ2n) is 6.75. The van der Waals surface area contributed by atoms with Gasteiger partial charge in [0.2, 0.25) is 0 Å². The zero-order valence-electron chi connectivity index (χ0n) is 23.5. The molecule has 0 bridgehead atoms. The average Bonchev–Trinajstić information content (AvgIpc) is 3.72. The first-order chi connectivity index (χ1) is 18.9. The Labute approximate surface area is 326 Å². The maximum absolute atomic E-state index is 6.75. The molecule has 0 aliphatic carbocycles. The van der Waals surface area contributed by atoms with Crippen molar-refractivity contribution < 1.29 is 98.1 Å². The van der Waals surface area contributed by atoms with E-state index in [9.17, 15) is 0 Å². The minimum absolute atomic E-state index is 0. The van der Waals surface area contributed by atoms with E-state index in [0.29, 0.717) is 25.3 Å². The number of nitrogens with zero attached hydrogens (tertiary/aromatic N) is 18. The summed E-state index contributed by atoms with van der Waals surface area (Å²) >= 11 is 0. The summed E-state index contributed by atoms with van der Waals surface area (Å²) in [5.74, 6) is 4.56. The first-order valence-electron chi connectivity index (χ1n) is 10.7. The Morgan fingerprint density at radius 2 is 1.09 bits per heavy atom. The zero-order chi connectivity index (χ0) is 29.7. The SMILES string of the molecule is C.C#CCC#C.CC(C)n1cc(Cc2c[n-]nn2)nn1.C[CH-]C.[N-]=[N+]=[N-].[N-]=[N+]=[N-].[Y].[Y].[Y].c1[n-]nnc1Cc1c[n-]nn1. The van der Waals surface area contributed by atoms with Crippen molar-refractivity contribution in [2.45, 2.75) is 60.4 Å². The maximum Gasteiger partial charge on any atom is 0.0867 e. The Kier molecular flexibility index (Phi) is 49.0. The van der Waals surface area contributed by atoms with Gasteiger partial charge in [-0.1, -0.05) is 43.1 Å². The molecule has 4 rings (SSSR count). The van der Waals surface area contributed by atoms with Crippen molar-refractivity contribution >= 4 is 0 Å². The molecule has 0 aromatic carbocycles. The molecular weight excluding hydrogens is 783 g/mol. The monoisotopic (exact) mass is 813 g/mol. The molecule has 3 radical (unpaired) electrons. The van der Waals surface area contributed by atoms with Crippen LogP contribution < -0.4 is 15.3 Å². The molecule has 0 atom stereocenters. The van der Waals surface area contributed by atoms with E-state index in [2.05, 4.69) is 82.2 Å². The van der Waals surface area contributed by atoms with E-state index < -0.39 is 0 Å². The predicted molar refractivity (Wildman–Crippen MR) is 147 cm³/mol. The van der Waals surface area contributed by atoms with E-state index in [-0.39, 0.29) is 106 Å². The minimum atomic E-state index is 0. The summed E-state index contributed by atoms with van der Waals surface area (Å²) in [5, 5.41) is 40.5. The van der Waals surface area contributed by atoms with Gasteiger partial charge in [0.1, 0.15) is 0 Å². The van der Waals surface area contributed by atoms with Gasteiger partial charge in [0, 0.05) is 117 Å². The van der Waals surface area contributed by atoms with Gasteiger partial charge in [-0.2, -0.15) is 13.8 Å². The normalized spacial score (nSPS) is 7.51. The van der Waals surface area contributed by atoms with Crippen molar-refractivity contribution in [1.29, 1.82) is 0 Å². The van der Waals surface area contributed by atoms with Gasteiger partial charge >= 0.3 is 0 Å². The molecule has 4 aromatic rings. The minimum Gasteiger partial charge on any atom is -0.373 e. The van der Waals surface area contributed by atoms with Gasteiger partial charge in [-0.15, -0.1) is 17.9 Å². The predicted octanol–water partition coefficient (Wildman–Crippen LogP) is 3.20. The topological polar surface area (TPSA) is 268 Å². The quantitative estimate of drug-likeness (QED) is 0.0928. The van der Waals surface area contributed by atoms with Crippen molar-refractivity contribution in [1.82, 2.24) is 61.2 Å². The Balaban J connectivity index is -0.000000106. The Morgan fingerprint density at radius 1 is 0.767 bits per heavy atom. The number of rotatable bonds is 5. The van der Waals surface area contributed by atoms with E-state index in [1.165, 1.54) is 9.82 Å². The summed E-state index contributed by atoms with van der Waals surface area (Å²) in [6.07, 6.45) is 19.9. The van der Waals surface area contributed by atoms with Gasteiger partial charge in [0.15, 0.2) is 0 Å². The Hall–Kier alpha value is -2.39. The molecule has 0 saturated heterocycles. The molecule has 223 valence electrons. The number of hydrogen-bond acceptors (Lipinski definition) is 8. The molecule has 0 aliphatic heterocycles. The van der Waals surface area contributed by atoms with Gasteiger partial charge in [0.25, 0.3) is 0 Å². The van der Waals surface area contributed by atoms with Gasteiger partial charge in [-0.3, -0.25) is 25.5 Å². The molecule has 4 aromatic heterocycles. The van der Waals surface area contributed by atoms with Crippen molar-refractivity contribution in [3.63, 3.8) is 0 Å². The van der Waals surface area contributed by atoms with Gasteiger partial charge < -0.3 is 59.1 Å². The van der Waals surface area contributed by atoms with Crippen LogP contribution in [0.25, 0.3) is 31.9 Å². The van der Waals surface area contributed by atoms with Gasteiger partial charge in [0.05, 0.1) is 12.1 Å². The molecule has 43 heavy (non-hydrogen) atoms. The molecule has 21 heteroatoms. The summed E-state index contributed by atoms with van der Waals surface area (Å²) in [7, 11) is 0. The molecule has 4 heterocycles. The number of aromatic nitrogens is 12. The summed E-state index contributed by atoms with van der Waals surface area (Å²) in [4.78, 5) is 3.00. The Bertz CT molecular complexity index is 1170. The third-order valence-electron chi connectivity index (χ3n) is 3.31. The van der Waals surface area contributed by atoms with Gasteiger partial charge in [-0.25, -0.2) is 4.68 Å². The summed E-state index contributed by atoms with van der Waals surface area (Å²) in [5.41, 5.74) is 30.3. The third-order valence-corrected chi connectivity index (χ3v) is 3.31. The van der Waals surface area contributed by atoms with Gasteiger partial charge in [-0.05, 0) is 37.4 Å². The molecule has 0 saturated carbocycles. The first-order valence-corrected chi connectivity index (χ1v) is 10.7. The van der Waals surface area contributed by atoms with Crippen molar-refractivity contribution in [2.75, 3.05) is 0 Å². The fourth-order valence-corrected chi connectivity index (χ4v) is 1.92. The van der Waals surface area contributed by atoms with Crippen LogP contribution in [0.15, 0.2) is 24.8 Å². The van der Waals surface area contributed by atoms with E-state index >= 15 is 0 Å². The fraction of sp³-hybridized carbons (Fsp3) is 0.409. The van der Waals surface area contributed by atoms with Crippen molar-refractivity contribution in [3.05, 3.63) is 85.9 Å². The third kappa shape index (κ3) is 32.4. The second kappa shape index (κ2) is 39.6. The maximum atomic E-state index is 6.75. The van der Waals surface area contributed by atoms with Crippen LogP contribution in [0.2, 0.25) is 0 Å². The Morgan fingerprint density at radius 3 is 1.30 bits per heavy atom. The number of hydrogen-bond donors (Lipinski definition) is 0. The van der Waals surface area contributed by atoms with Crippen LogP contribution in [0.5, 0.6) is 0 Å².